The van der Waals surface area contributed by atoms with E-state index in [1.807, 2.05) is 17.8 Å². The maximum absolute atomic E-state index is 8.81. The lowest BCUT2D eigenvalue weighted by atomic mass is 10.0. The van der Waals surface area contributed by atoms with Crippen molar-refractivity contribution in [2.45, 2.75) is 38.0 Å². The lowest BCUT2D eigenvalue weighted by Crippen LogP contribution is -2.51. The number of piperidine rings is 1. The van der Waals surface area contributed by atoms with Crippen LogP contribution in [0.3, 0.4) is 0 Å². The molecule has 1 atom stereocenters. The number of nitrogen functional groups attached to an aromatic ring is 1. The van der Waals surface area contributed by atoms with E-state index >= 15 is 0 Å². The van der Waals surface area contributed by atoms with Gasteiger partial charge in [0.15, 0.2) is 0 Å². The summed E-state index contributed by atoms with van der Waals surface area (Å²) in [7, 11) is 0. The Hall–Kier alpha value is -2.65. The SMILES string of the molecule is CC(Oc1ccc(N)c(C(=N)c2cnn(C3CCN(C4COC4)CC3)c2)c1)c1c(Cl)ccnc1Cl. The lowest BCUT2D eigenvalue weighted by Gasteiger charge is -2.41. The summed E-state index contributed by atoms with van der Waals surface area (Å²) in [6, 6.07) is 7.85. The van der Waals surface area contributed by atoms with E-state index in [2.05, 4.69) is 15.0 Å². The summed E-state index contributed by atoms with van der Waals surface area (Å²) in [5.74, 6) is 0.558. The zero-order valence-electron chi connectivity index (χ0n) is 19.5. The number of aromatic nitrogens is 3. The molecule has 1 unspecified atom stereocenters. The number of likely N-dealkylation sites (tertiary alicyclic amines) is 1. The summed E-state index contributed by atoms with van der Waals surface area (Å²) in [5, 5.41) is 14.2. The lowest BCUT2D eigenvalue weighted by molar-refractivity contribution is -0.0734. The first kappa shape index (κ1) is 24.1. The summed E-state index contributed by atoms with van der Waals surface area (Å²) in [4.78, 5) is 6.60. The summed E-state index contributed by atoms with van der Waals surface area (Å²) in [6.07, 6.45) is 6.87. The van der Waals surface area contributed by atoms with Crippen molar-refractivity contribution in [1.29, 1.82) is 5.41 Å². The highest BCUT2D eigenvalue weighted by molar-refractivity contribution is 6.35. The number of nitrogens with two attached hydrogens (primary N) is 1. The van der Waals surface area contributed by atoms with Gasteiger partial charge >= 0.3 is 0 Å². The maximum atomic E-state index is 8.81. The Kier molecular flexibility index (Phi) is 6.98. The van der Waals surface area contributed by atoms with Crippen LogP contribution in [0.5, 0.6) is 5.75 Å². The van der Waals surface area contributed by atoms with Gasteiger partial charge < -0.3 is 15.2 Å². The van der Waals surface area contributed by atoms with Crippen molar-refractivity contribution in [3.05, 3.63) is 69.7 Å². The van der Waals surface area contributed by atoms with Gasteiger partial charge in [0, 0.05) is 47.9 Å². The van der Waals surface area contributed by atoms with Gasteiger partial charge in [0.05, 0.1) is 42.2 Å². The van der Waals surface area contributed by atoms with E-state index in [1.54, 1.807) is 36.7 Å². The molecule has 0 bridgehead atoms. The van der Waals surface area contributed by atoms with Crippen LogP contribution in [0.25, 0.3) is 0 Å². The molecule has 0 saturated carbocycles. The molecule has 4 heterocycles. The van der Waals surface area contributed by atoms with Crippen molar-refractivity contribution in [3.8, 4) is 5.75 Å². The third-order valence-electron chi connectivity index (χ3n) is 6.80. The molecule has 1 aromatic carbocycles. The van der Waals surface area contributed by atoms with Gasteiger partial charge in [0.25, 0.3) is 0 Å². The van der Waals surface area contributed by atoms with Crippen LogP contribution in [0.2, 0.25) is 10.2 Å². The molecule has 5 rings (SSSR count). The van der Waals surface area contributed by atoms with Crippen LogP contribution in [-0.4, -0.2) is 57.7 Å². The fourth-order valence-electron chi connectivity index (χ4n) is 4.65. The van der Waals surface area contributed by atoms with E-state index in [0.717, 1.165) is 44.7 Å². The largest absolute Gasteiger partial charge is 0.486 e. The van der Waals surface area contributed by atoms with Gasteiger partial charge in [-0.1, -0.05) is 23.2 Å². The van der Waals surface area contributed by atoms with E-state index < -0.39 is 6.10 Å². The van der Waals surface area contributed by atoms with Crippen molar-refractivity contribution in [1.82, 2.24) is 19.7 Å². The summed E-state index contributed by atoms with van der Waals surface area (Å²) in [6.45, 7) is 5.63. The normalized spacial score (nSPS) is 18.3. The highest BCUT2D eigenvalue weighted by atomic mass is 35.5. The van der Waals surface area contributed by atoms with Crippen molar-refractivity contribution in [2.24, 2.45) is 0 Å². The number of nitrogens with one attached hydrogen (secondary N) is 1. The predicted octanol–water partition coefficient (Wildman–Crippen LogP) is 4.76. The number of pyridine rings is 1. The molecule has 0 radical (unpaired) electrons. The number of halogens is 2. The predicted molar refractivity (Wildman–Crippen MR) is 137 cm³/mol. The van der Waals surface area contributed by atoms with E-state index in [-0.39, 0.29) is 0 Å². The first-order valence-corrected chi connectivity index (χ1v) is 12.5. The Balaban J connectivity index is 1.28. The molecule has 0 aliphatic carbocycles. The van der Waals surface area contributed by atoms with Crippen LogP contribution in [0, 0.1) is 5.41 Å². The van der Waals surface area contributed by atoms with E-state index in [0.29, 0.717) is 50.5 Å². The highest BCUT2D eigenvalue weighted by Crippen LogP contribution is 2.33. The van der Waals surface area contributed by atoms with Crippen molar-refractivity contribution >= 4 is 34.6 Å². The zero-order chi connectivity index (χ0) is 24.5. The topological polar surface area (TPSA) is 102 Å². The average molecular weight is 515 g/mol. The van der Waals surface area contributed by atoms with Gasteiger partial charge in [-0.25, -0.2) is 4.98 Å². The van der Waals surface area contributed by atoms with Crippen LogP contribution in [0.15, 0.2) is 42.9 Å². The minimum absolute atomic E-state index is 0.299. The third-order valence-corrected chi connectivity index (χ3v) is 7.43. The van der Waals surface area contributed by atoms with E-state index in [9.17, 15) is 0 Å². The Morgan fingerprint density at radius 2 is 1.97 bits per heavy atom. The Bertz CT molecular complexity index is 1200. The molecule has 10 heteroatoms. The number of rotatable bonds is 7. The van der Waals surface area contributed by atoms with Crippen LogP contribution >= 0.6 is 23.2 Å². The summed E-state index contributed by atoms with van der Waals surface area (Å²) in [5.41, 5.74) is 8.95. The average Bonchev–Trinajstić information content (AvgIpc) is 3.29. The van der Waals surface area contributed by atoms with Crippen molar-refractivity contribution in [3.63, 3.8) is 0 Å². The van der Waals surface area contributed by atoms with Crippen LogP contribution in [0.1, 0.15) is 48.6 Å². The summed E-state index contributed by atoms with van der Waals surface area (Å²) < 4.78 is 13.4. The molecule has 2 saturated heterocycles. The van der Waals surface area contributed by atoms with Gasteiger partial charge in [-0.15, -0.1) is 0 Å². The maximum Gasteiger partial charge on any atom is 0.137 e. The van der Waals surface area contributed by atoms with Gasteiger partial charge in [-0.3, -0.25) is 15.0 Å². The standard InChI is InChI=1S/C25H28Cl2N6O2/c1-15(23-21(26)4-7-30-25(23)27)35-19-2-3-22(28)20(10-19)24(29)16-11-31-33(12-16)17-5-8-32(9-6-17)18-13-34-14-18/h2-4,7,10-12,15,17-18,29H,5-6,8-9,13-14,28H2,1H3. The number of hydrogen-bond acceptors (Lipinski definition) is 7. The van der Waals surface area contributed by atoms with Crippen molar-refractivity contribution < 1.29 is 9.47 Å². The van der Waals surface area contributed by atoms with Gasteiger partial charge in [-0.2, -0.15) is 5.10 Å². The second-order valence-electron chi connectivity index (χ2n) is 9.05. The first-order valence-electron chi connectivity index (χ1n) is 11.7. The molecule has 0 amide bonds. The molecule has 2 aliphatic rings. The van der Waals surface area contributed by atoms with Crippen molar-refractivity contribution in [2.75, 3.05) is 32.0 Å². The fraction of sp³-hybridized carbons (Fsp3) is 0.400. The third kappa shape index (κ3) is 5.02. The van der Waals surface area contributed by atoms with Gasteiger partial charge in [0.1, 0.15) is 17.0 Å². The molecule has 8 nitrogen and oxygen atoms in total. The molecular formula is C25H28Cl2N6O2. The van der Waals surface area contributed by atoms with E-state index in [1.165, 1.54) is 0 Å². The quantitative estimate of drug-likeness (QED) is 0.267. The Morgan fingerprint density at radius 3 is 2.66 bits per heavy atom. The molecule has 35 heavy (non-hydrogen) atoms. The molecular weight excluding hydrogens is 487 g/mol. The smallest absolute Gasteiger partial charge is 0.137 e. The molecule has 3 aromatic rings. The van der Waals surface area contributed by atoms with Gasteiger partial charge in [-0.05, 0) is 44.0 Å². The zero-order valence-corrected chi connectivity index (χ0v) is 21.0. The molecule has 2 aliphatic heterocycles. The number of ether oxygens (including phenoxy) is 2. The second-order valence-corrected chi connectivity index (χ2v) is 9.81. The Morgan fingerprint density at radius 1 is 1.20 bits per heavy atom. The summed E-state index contributed by atoms with van der Waals surface area (Å²) >= 11 is 12.5. The molecule has 0 spiro atoms. The van der Waals surface area contributed by atoms with E-state index in [4.69, 9.17) is 43.8 Å². The molecule has 3 N–H and O–H groups in total. The number of benzene rings is 1. The fourth-order valence-corrected chi connectivity index (χ4v) is 5.31. The number of hydrogen-bond donors (Lipinski definition) is 2. The number of nitrogens with zero attached hydrogens (tertiary/aromatic N) is 4. The molecule has 2 aromatic heterocycles. The monoisotopic (exact) mass is 514 g/mol. The molecule has 184 valence electrons. The Labute approximate surface area is 214 Å². The number of anilines is 1. The van der Waals surface area contributed by atoms with Gasteiger partial charge in [0.2, 0.25) is 0 Å². The van der Waals surface area contributed by atoms with Crippen LogP contribution < -0.4 is 10.5 Å². The molecule has 2 fully saturated rings. The highest BCUT2D eigenvalue weighted by Gasteiger charge is 2.30. The van der Waals surface area contributed by atoms with Crippen LogP contribution in [-0.2, 0) is 4.74 Å². The minimum atomic E-state index is -0.436. The second kappa shape index (κ2) is 10.1. The minimum Gasteiger partial charge on any atom is -0.486 e. The first-order chi connectivity index (χ1) is 16.9. The van der Waals surface area contributed by atoms with Crippen LogP contribution in [0.4, 0.5) is 5.69 Å².